The Hall–Kier alpha value is -2.24. The van der Waals surface area contributed by atoms with Crippen molar-refractivity contribution in [2.24, 2.45) is 0 Å². The van der Waals surface area contributed by atoms with E-state index in [1.807, 2.05) is 0 Å². The number of rotatable bonds is 5. The van der Waals surface area contributed by atoms with Gasteiger partial charge >= 0.3 is 6.16 Å². The van der Waals surface area contributed by atoms with E-state index in [4.69, 9.17) is 5.11 Å². The van der Waals surface area contributed by atoms with Gasteiger partial charge in [-0.05, 0) is 5.56 Å². The molecule has 0 saturated carbocycles. The molecule has 1 aromatic carbocycles. The highest BCUT2D eigenvalue weighted by molar-refractivity contribution is 5.57. The molecule has 0 spiro atoms. The van der Waals surface area contributed by atoms with E-state index in [2.05, 4.69) is 9.47 Å². The van der Waals surface area contributed by atoms with Crippen molar-refractivity contribution in [3.8, 4) is 0 Å². The normalized spacial score (nSPS) is 13.4. The maximum atomic E-state index is 10.4. The molecule has 0 radical (unpaired) electrons. The molecule has 0 aliphatic rings. The molecule has 0 aliphatic carbocycles. The number of carbonyl (C=O) groups excluding carboxylic acids is 1. The second-order valence-electron chi connectivity index (χ2n) is 4.02. The van der Waals surface area contributed by atoms with Gasteiger partial charge in [0.25, 0.3) is 6.16 Å². The Morgan fingerprint density at radius 1 is 1.22 bits per heavy atom. The Bertz CT molecular complexity index is 396. The van der Waals surface area contributed by atoms with Crippen LogP contribution in [-0.4, -0.2) is 30.6 Å². The number of benzene rings is 1. The number of carboxylic acid groups (broad SMARTS) is 2. The zero-order chi connectivity index (χ0) is 13.6. The third kappa shape index (κ3) is 3.97. The number of carbonyl (C=O) groups is 2. The summed E-state index contributed by atoms with van der Waals surface area (Å²) >= 11 is 0. The van der Waals surface area contributed by atoms with Crippen molar-refractivity contribution in [2.45, 2.75) is 12.3 Å². The van der Waals surface area contributed by atoms with Gasteiger partial charge in [-0.25, -0.2) is 4.79 Å². The Kier molecular flexibility index (Phi) is 4.53. The molecule has 1 aromatic rings. The zero-order valence-electron chi connectivity index (χ0n) is 9.79. The Balaban J connectivity index is 2.86. The fourth-order valence-electron chi connectivity index (χ4n) is 1.49. The largest absolute Gasteiger partial charge is 0.549 e. The van der Waals surface area contributed by atoms with Gasteiger partial charge in [-0.15, -0.1) is 0 Å². The van der Waals surface area contributed by atoms with Crippen molar-refractivity contribution in [3.05, 3.63) is 35.9 Å². The molecule has 0 bridgehead atoms. The second-order valence-corrected chi connectivity index (χ2v) is 4.02. The Morgan fingerprint density at radius 3 is 2.28 bits per heavy atom. The molecule has 0 aromatic heterocycles. The lowest BCUT2D eigenvalue weighted by molar-refractivity contribution is -0.284. The van der Waals surface area contributed by atoms with Crippen molar-refractivity contribution >= 4 is 12.3 Å². The van der Waals surface area contributed by atoms with Crippen molar-refractivity contribution in [1.82, 2.24) is 0 Å². The quantitative estimate of drug-likeness (QED) is 0.786. The summed E-state index contributed by atoms with van der Waals surface area (Å²) in [5.41, 5.74) is -0.174. The van der Waals surface area contributed by atoms with Gasteiger partial charge in [-0.2, -0.15) is 0 Å². The molecule has 0 saturated heterocycles. The van der Waals surface area contributed by atoms with Crippen LogP contribution in [0.1, 0.15) is 12.5 Å². The SMILES string of the molecule is CC(COC(=O)[O-])(COC(=O)O)c1ccccc1. The fourth-order valence-corrected chi connectivity index (χ4v) is 1.49. The van der Waals surface area contributed by atoms with Crippen LogP contribution in [0.5, 0.6) is 0 Å². The molecule has 6 heteroatoms. The summed E-state index contributed by atoms with van der Waals surface area (Å²) in [7, 11) is 0. The van der Waals surface area contributed by atoms with Crippen LogP contribution in [0, 0.1) is 0 Å². The van der Waals surface area contributed by atoms with Crippen LogP contribution in [0.2, 0.25) is 0 Å². The molecule has 6 nitrogen and oxygen atoms in total. The highest BCUT2D eigenvalue weighted by Crippen LogP contribution is 2.24. The first-order chi connectivity index (χ1) is 8.44. The molecular formula is C12H13O6-. The van der Waals surface area contributed by atoms with Gasteiger partial charge in [0.15, 0.2) is 0 Å². The van der Waals surface area contributed by atoms with E-state index in [0.717, 1.165) is 0 Å². The Labute approximate surface area is 104 Å². The minimum absolute atomic E-state index is 0.209. The molecule has 1 atom stereocenters. The average Bonchev–Trinajstić information content (AvgIpc) is 2.35. The predicted molar refractivity (Wildman–Crippen MR) is 59.1 cm³/mol. The van der Waals surface area contributed by atoms with Crippen LogP contribution in [0.4, 0.5) is 9.59 Å². The monoisotopic (exact) mass is 253 g/mol. The van der Waals surface area contributed by atoms with Crippen LogP contribution in [0.25, 0.3) is 0 Å². The lowest BCUT2D eigenvalue weighted by Crippen LogP contribution is -2.38. The zero-order valence-corrected chi connectivity index (χ0v) is 9.79. The average molecular weight is 253 g/mol. The summed E-state index contributed by atoms with van der Waals surface area (Å²) in [6.45, 7) is 1.19. The standard InChI is InChI=1S/C12H14O6/c1-12(7-17-10(13)14,8-18-11(15)16)9-5-3-2-4-6-9/h2-6H,7-8H2,1H3,(H,13,14)(H,15,16)/p-1. The molecule has 1 unspecified atom stereocenters. The van der Waals surface area contributed by atoms with E-state index >= 15 is 0 Å². The number of hydrogen-bond donors (Lipinski definition) is 1. The van der Waals surface area contributed by atoms with Gasteiger partial charge in [-0.1, -0.05) is 37.3 Å². The summed E-state index contributed by atoms with van der Waals surface area (Å²) in [6.07, 6.45) is -3.09. The van der Waals surface area contributed by atoms with E-state index in [-0.39, 0.29) is 13.2 Å². The van der Waals surface area contributed by atoms with Gasteiger partial charge in [-0.3, -0.25) is 0 Å². The highest BCUT2D eigenvalue weighted by atomic mass is 16.7. The van der Waals surface area contributed by atoms with Gasteiger partial charge in [0.2, 0.25) is 0 Å². The van der Waals surface area contributed by atoms with Crippen LogP contribution < -0.4 is 5.11 Å². The van der Waals surface area contributed by atoms with E-state index in [1.165, 1.54) is 0 Å². The third-order valence-electron chi connectivity index (χ3n) is 2.49. The molecule has 1 rings (SSSR count). The van der Waals surface area contributed by atoms with Gasteiger partial charge in [0.1, 0.15) is 6.61 Å². The van der Waals surface area contributed by atoms with Crippen LogP contribution in [-0.2, 0) is 14.9 Å². The van der Waals surface area contributed by atoms with Gasteiger partial charge in [0.05, 0.1) is 0 Å². The smallest absolute Gasteiger partial charge is 0.505 e. The van der Waals surface area contributed by atoms with E-state index in [0.29, 0.717) is 5.56 Å². The molecule has 0 fully saturated rings. The first-order valence-electron chi connectivity index (χ1n) is 5.19. The van der Waals surface area contributed by atoms with Crippen LogP contribution >= 0.6 is 0 Å². The minimum atomic E-state index is -1.66. The van der Waals surface area contributed by atoms with Crippen molar-refractivity contribution in [1.29, 1.82) is 0 Å². The van der Waals surface area contributed by atoms with E-state index in [9.17, 15) is 14.7 Å². The molecule has 18 heavy (non-hydrogen) atoms. The molecule has 0 aliphatic heterocycles. The number of ether oxygens (including phenoxy) is 2. The molecule has 0 amide bonds. The predicted octanol–water partition coefficient (Wildman–Crippen LogP) is 0.999. The first-order valence-corrected chi connectivity index (χ1v) is 5.19. The van der Waals surface area contributed by atoms with Gasteiger partial charge < -0.3 is 24.5 Å². The Morgan fingerprint density at radius 2 is 1.78 bits per heavy atom. The maximum Gasteiger partial charge on any atom is 0.505 e. The second kappa shape index (κ2) is 5.90. The highest BCUT2D eigenvalue weighted by Gasteiger charge is 2.28. The summed E-state index contributed by atoms with van der Waals surface area (Å²) < 4.78 is 8.94. The van der Waals surface area contributed by atoms with Crippen LogP contribution in [0.15, 0.2) is 30.3 Å². The first kappa shape index (κ1) is 13.8. The van der Waals surface area contributed by atoms with Crippen molar-refractivity contribution in [2.75, 3.05) is 13.2 Å². The van der Waals surface area contributed by atoms with E-state index < -0.39 is 17.7 Å². The summed E-state index contributed by atoms with van der Waals surface area (Å²) in [4.78, 5) is 20.7. The maximum absolute atomic E-state index is 10.4. The van der Waals surface area contributed by atoms with Crippen molar-refractivity contribution < 1.29 is 29.3 Å². The molecule has 98 valence electrons. The van der Waals surface area contributed by atoms with E-state index in [1.54, 1.807) is 37.3 Å². The molecular weight excluding hydrogens is 240 g/mol. The van der Waals surface area contributed by atoms with Crippen molar-refractivity contribution in [3.63, 3.8) is 0 Å². The molecule has 0 heterocycles. The lowest BCUT2D eigenvalue weighted by Gasteiger charge is -2.30. The summed E-state index contributed by atoms with van der Waals surface area (Å²) in [6, 6.07) is 8.79. The summed E-state index contributed by atoms with van der Waals surface area (Å²) in [5.74, 6) is 0. The molecule has 1 N–H and O–H groups in total. The lowest BCUT2D eigenvalue weighted by atomic mass is 9.84. The number of hydrogen-bond acceptors (Lipinski definition) is 5. The minimum Gasteiger partial charge on any atom is -0.549 e. The topological polar surface area (TPSA) is 95.9 Å². The van der Waals surface area contributed by atoms with Gasteiger partial charge in [0, 0.05) is 12.0 Å². The third-order valence-corrected chi connectivity index (χ3v) is 2.49. The fraction of sp³-hybridized carbons (Fsp3) is 0.333. The van der Waals surface area contributed by atoms with Crippen LogP contribution in [0.3, 0.4) is 0 Å². The summed E-state index contributed by atoms with van der Waals surface area (Å²) in [5, 5.41) is 18.8.